The second-order valence-electron chi connectivity index (χ2n) is 2.01. The second-order valence-corrected chi connectivity index (χ2v) is 2.01. The molecule has 57 valence electrons. The molecular weight excluding hydrogens is 179 g/mol. The van der Waals surface area contributed by atoms with Gasteiger partial charge in [-0.2, -0.15) is 0 Å². The van der Waals surface area contributed by atoms with E-state index in [1.165, 1.54) is 0 Å². The zero-order chi connectivity index (χ0) is 6.81. The summed E-state index contributed by atoms with van der Waals surface area (Å²) >= 11 is 0. The van der Waals surface area contributed by atoms with E-state index in [2.05, 4.69) is 22.2 Å². The first-order chi connectivity index (χ1) is 4.97. The fourth-order valence-electron chi connectivity index (χ4n) is 0.875. The molecule has 2 rings (SSSR count). The number of aliphatic imine (C=N–C) groups is 1. The molecule has 0 spiro atoms. The summed E-state index contributed by atoms with van der Waals surface area (Å²) in [6.07, 6.45) is 6.45. The van der Waals surface area contributed by atoms with Gasteiger partial charge in [-0.15, -0.1) is 0 Å². The van der Waals surface area contributed by atoms with E-state index in [0.717, 1.165) is 0 Å². The summed E-state index contributed by atoms with van der Waals surface area (Å²) in [4.78, 5) is 3.97. The van der Waals surface area contributed by atoms with Crippen LogP contribution in [0.4, 0.5) is 0 Å². The fourth-order valence-corrected chi connectivity index (χ4v) is 0.875. The van der Waals surface area contributed by atoms with Crippen molar-refractivity contribution in [3.8, 4) is 0 Å². The van der Waals surface area contributed by atoms with Crippen LogP contribution in [-0.2, 0) is 18.6 Å². The van der Waals surface area contributed by atoms with E-state index in [9.17, 15) is 0 Å². The molecule has 1 aliphatic heterocycles. The van der Waals surface area contributed by atoms with Crippen molar-refractivity contribution in [2.45, 2.75) is 6.29 Å². The standard InChI is InChI=1S/C6H7N4.V/c1-2-4-10(3-1)6-7-5-8-9-6;/h1-4,6,9H,(H,7,8);/q-1;. The largest absolute Gasteiger partial charge is 0.483 e. The molecule has 0 fully saturated rings. The monoisotopic (exact) mass is 186 g/mol. The number of rotatable bonds is 1. The third kappa shape index (κ3) is 1.65. The van der Waals surface area contributed by atoms with Crippen LogP contribution in [0.1, 0.15) is 6.29 Å². The summed E-state index contributed by atoms with van der Waals surface area (Å²) < 4.78 is 1.94. The van der Waals surface area contributed by atoms with Crippen LogP contribution in [0, 0.1) is 0 Å². The number of hydrogen-bond donors (Lipinski definition) is 2. The average molecular weight is 186 g/mol. The quantitative estimate of drug-likeness (QED) is 0.604. The third-order valence-corrected chi connectivity index (χ3v) is 1.35. The molecule has 1 atom stereocenters. The van der Waals surface area contributed by atoms with Gasteiger partial charge in [-0.1, -0.05) is 0 Å². The Morgan fingerprint density at radius 3 is 2.64 bits per heavy atom. The van der Waals surface area contributed by atoms with Crippen LogP contribution in [0.25, 0.3) is 0 Å². The van der Waals surface area contributed by atoms with E-state index < -0.39 is 0 Å². The second kappa shape index (κ2) is 3.62. The summed E-state index contributed by atoms with van der Waals surface area (Å²) in [6, 6.07) is 3.91. The van der Waals surface area contributed by atoms with E-state index in [1.807, 2.05) is 29.1 Å². The number of aromatic nitrogens is 1. The van der Waals surface area contributed by atoms with Gasteiger partial charge in [0.25, 0.3) is 0 Å². The van der Waals surface area contributed by atoms with Gasteiger partial charge in [-0.05, 0) is 12.1 Å². The predicted molar refractivity (Wildman–Crippen MR) is 37.2 cm³/mol. The van der Waals surface area contributed by atoms with Crippen molar-refractivity contribution < 1.29 is 18.6 Å². The molecule has 2 heterocycles. The fraction of sp³-hybridized carbons (Fsp3) is 0.167. The van der Waals surface area contributed by atoms with Crippen molar-refractivity contribution in [3.63, 3.8) is 0 Å². The maximum atomic E-state index is 3.97. The maximum absolute atomic E-state index is 3.97. The van der Waals surface area contributed by atoms with E-state index in [4.69, 9.17) is 0 Å². The minimum Gasteiger partial charge on any atom is -0.483 e. The Hall–Kier alpha value is -0.706. The Balaban J connectivity index is 0.000000605. The number of hydrazine groups is 1. The van der Waals surface area contributed by atoms with E-state index in [-0.39, 0.29) is 24.8 Å². The van der Waals surface area contributed by atoms with E-state index in [1.54, 1.807) is 0 Å². The number of hydrogen-bond acceptors (Lipinski definition) is 3. The summed E-state index contributed by atoms with van der Waals surface area (Å²) in [6.45, 7) is 0. The average Bonchev–Trinajstić information content (AvgIpc) is 2.59. The molecule has 0 aromatic carbocycles. The Bertz CT molecular complexity index is 231. The zero-order valence-electron chi connectivity index (χ0n) is 5.73. The van der Waals surface area contributed by atoms with Crippen molar-refractivity contribution in [3.05, 3.63) is 24.5 Å². The topological polar surface area (TPSA) is 41.4 Å². The Morgan fingerprint density at radius 2 is 2.09 bits per heavy atom. The van der Waals surface area contributed by atoms with Crippen LogP contribution in [0.2, 0.25) is 0 Å². The van der Waals surface area contributed by atoms with E-state index >= 15 is 0 Å². The number of nitrogens with one attached hydrogen (secondary N) is 2. The molecule has 0 aliphatic carbocycles. The van der Waals surface area contributed by atoms with Crippen molar-refractivity contribution in [1.29, 1.82) is 0 Å². The predicted octanol–water partition coefficient (Wildman–Crippen LogP) is -0.0452. The van der Waals surface area contributed by atoms with Crippen LogP contribution in [-0.4, -0.2) is 10.9 Å². The van der Waals surface area contributed by atoms with Crippen molar-refractivity contribution in [2.75, 3.05) is 0 Å². The molecule has 2 N–H and O–H groups in total. The molecule has 0 bridgehead atoms. The normalized spacial score (nSPS) is 20.9. The van der Waals surface area contributed by atoms with Gasteiger partial charge in [0.15, 0.2) is 6.29 Å². The summed E-state index contributed by atoms with van der Waals surface area (Å²) in [5, 5.41) is 0. The Labute approximate surface area is 76.5 Å². The smallest absolute Gasteiger partial charge is 0.161 e. The van der Waals surface area contributed by atoms with Crippen molar-refractivity contribution in [2.24, 2.45) is 4.99 Å². The molecule has 4 nitrogen and oxygen atoms in total. The van der Waals surface area contributed by atoms with Crippen molar-refractivity contribution in [1.82, 2.24) is 15.4 Å². The van der Waals surface area contributed by atoms with Gasteiger partial charge in [-0.3, -0.25) is 6.34 Å². The summed E-state index contributed by atoms with van der Waals surface area (Å²) in [5.74, 6) is 0. The SMILES string of the molecule is [C-]1=NC(n2cccc2)NN1.[V]. The molecule has 1 radical (unpaired) electrons. The van der Waals surface area contributed by atoms with Crippen LogP contribution >= 0.6 is 0 Å². The molecule has 1 aliphatic rings. The van der Waals surface area contributed by atoms with Gasteiger partial charge in [0, 0.05) is 30.9 Å². The van der Waals surface area contributed by atoms with Gasteiger partial charge in [0.05, 0.1) is 0 Å². The van der Waals surface area contributed by atoms with Crippen LogP contribution in [0.3, 0.4) is 0 Å². The van der Waals surface area contributed by atoms with Gasteiger partial charge in [0.2, 0.25) is 0 Å². The van der Waals surface area contributed by atoms with Gasteiger partial charge in [-0.25, -0.2) is 5.43 Å². The van der Waals surface area contributed by atoms with Crippen LogP contribution in [0.15, 0.2) is 29.5 Å². The zero-order valence-corrected chi connectivity index (χ0v) is 7.13. The molecule has 1 aromatic rings. The van der Waals surface area contributed by atoms with Crippen LogP contribution < -0.4 is 10.9 Å². The number of nitrogens with zero attached hydrogens (tertiary/aromatic N) is 2. The maximum Gasteiger partial charge on any atom is 0.161 e. The van der Waals surface area contributed by atoms with Gasteiger partial charge in [0.1, 0.15) is 0 Å². The third-order valence-electron chi connectivity index (χ3n) is 1.35. The molecule has 1 unspecified atom stereocenters. The minimum absolute atomic E-state index is 0. The van der Waals surface area contributed by atoms with Crippen LogP contribution in [0.5, 0.6) is 0 Å². The summed E-state index contributed by atoms with van der Waals surface area (Å²) in [5.41, 5.74) is 5.57. The molecule has 11 heavy (non-hydrogen) atoms. The first kappa shape index (κ1) is 8.39. The molecule has 0 saturated heterocycles. The Morgan fingerprint density at radius 1 is 1.36 bits per heavy atom. The van der Waals surface area contributed by atoms with E-state index in [0.29, 0.717) is 0 Å². The molecule has 5 heteroatoms. The Kier molecular flexibility index (Phi) is 2.76. The first-order valence-electron chi connectivity index (χ1n) is 3.05. The van der Waals surface area contributed by atoms with Crippen molar-refractivity contribution >= 4 is 6.34 Å². The summed E-state index contributed by atoms with van der Waals surface area (Å²) in [7, 11) is 0. The molecule has 1 aromatic heterocycles. The molecule has 0 amide bonds. The molecular formula is C6H7N4V-. The minimum atomic E-state index is -0.0324. The van der Waals surface area contributed by atoms with Gasteiger partial charge < -0.3 is 15.0 Å². The first-order valence-corrected chi connectivity index (χ1v) is 3.05. The van der Waals surface area contributed by atoms with Gasteiger partial charge >= 0.3 is 0 Å². The molecule has 0 saturated carbocycles.